The van der Waals surface area contributed by atoms with Crippen LogP contribution in [0.15, 0.2) is 30.5 Å². The van der Waals surface area contributed by atoms with Crippen LogP contribution in [0.2, 0.25) is 5.02 Å². The van der Waals surface area contributed by atoms with Crippen LogP contribution in [-0.2, 0) is 13.0 Å². The summed E-state index contributed by atoms with van der Waals surface area (Å²) in [6.45, 7) is 2.39. The van der Waals surface area contributed by atoms with Crippen molar-refractivity contribution in [2.24, 2.45) is 0 Å². The molecule has 0 spiro atoms. The second-order valence-electron chi connectivity index (χ2n) is 6.40. The number of aromatic nitrogens is 3. The molecule has 2 N–H and O–H groups in total. The van der Waals surface area contributed by atoms with Crippen molar-refractivity contribution in [3.63, 3.8) is 0 Å². The molecule has 3 rings (SSSR count). The summed E-state index contributed by atoms with van der Waals surface area (Å²) in [4.78, 5) is 12.2. The minimum absolute atomic E-state index is 0.200. The van der Waals surface area contributed by atoms with Crippen LogP contribution in [0.1, 0.15) is 41.7 Å². The molecule has 0 saturated carbocycles. The van der Waals surface area contributed by atoms with Gasteiger partial charge >= 0.3 is 0 Å². The maximum Gasteiger partial charge on any atom is 0.273 e. The molecule has 2 heterocycles. The van der Waals surface area contributed by atoms with Gasteiger partial charge in [0.25, 0.3) is 5.91 Å². The molecule has 1 atom stereocenters. The average molecular weight is 362 g/mol. The van der Waals surface area contributed by atoms with Crippen molar-refractivity contribution in [3.05, 3.63) is 46.7 Å². The minimum atomic E-state index is -0.200. The van der Waals surface area contributed by atoms with Crippen molar-refractivity contribution >= 4 is 17.5 Å². The summed E-state index contributed by atoms with van der Waals surface area (Å²) in [7, 11) is 0. The first-order valence-electron chi connectivity index (χ1n) is 8.87. The van der Waals surface area contributed by atoms with Gasteiger partial charge in [0.15, 0.2) is 5.69 Å². The summed E-state index contributed by atoms with van der Waals surface area (Å²) < 4.78 is 1.75. The zero-order valence-corrected chi connectivity index (χ0v) is 15.0. The molecule has 1 saturated heterocycles. The van der Waals surface area contributed by atoms with Crippen LogP contribution >= 0.6 is 11.6 Å². The molecule has 0 radical (unpaired) electrons. The van der Waals surface area contributed by atoms with E-state index in [4.69, 9.17) is 11.6 Å². The molecular formula is C18H24ClN5O. The first kappa shape index (κ1) is 17.9. The monoisotopic (exact) mass is 361 g/mol. The lowest BCUT2D eigenvalue weighted by atomic mass is 10.0. The van der Waals surface area contributed by atoms with Crippen molar-refractivity contribution in [2.75, 3.05) is 13.1 Å². The van der Waals surface area contributed by atoms with Gasteiger partial charge in [0.2, 0.25) is 0 Å². The zero-order valence-electron chi connectivity index (χ0n) is 14.2. The van der Waals surface area contributed by atoms with Gasteiger partial charge in [-0.2, -0.15) is 0 Å². The molecule has 0 bridgehead atoms. The van der Waals surface area contributed by atoms with Crippen LogP contribution in [0.25, 0.3) is 0 Å². The maximum atomic E-state index is 12.2. The van der Waals surface area contributed by atoms with Crippen LogP contribution in [-0.4, -0.2) is 40.0 Å². The normalized spacial score (nSPS) is 17.4. The number of halogens is 1. The Labute approximate surface area is 152 Å². The lowest BCUT2D eigenvalue weighted by Crippen LogP contribution is -2.34. The standard InChI is InChI=1S/C18H24ClN5O/c19-16-7-2-1-5-14(16)8-11-21-18(25)17-13-24(23-22-17)12-9-15-6-3-4-10-20-15/h1-2,5,7,13,15,20H,3-4,6,8-12H2,(H,21,25)/t15-/m0/s1. The third-order valence-electron chi connectivity index (χ3n) is 4.53. The van der Waals surface area contributed by atoms with E-state index in [1.807, 2.05) is 24.3 Å². The van der Waals surface area contributed by atoms with Crippen LogP contribution in [0, 0.1) is 0 Å². The summed E-state index contributed by atoms with van der Waals surface area (Å²) in [5.74, 6) is -0.200. The van der Waals surface area contributed by atoms with Crippen molar-refractivity contribution in [3.8, 4) is 0 Å². The van der Waals surface area contributed by atoms with E-state index in [2.05, 4.69) is 20.9 Å². The molecular weight excluding hydrogens is 338 g/mol. The summed E-state index contributed by atoms with van der Waals surface area (Å²) >= 11 is 6.12. The first-order chi connectivity index (χ1) is 12.2. The van der Waals surface area contributed by atoms with E-state index in [1.54, 1.807) is 10.9 Å². The number of carbonyl (C=O) groups excluding carboxylic acids is 1. The van der Waals surface area contributed by atoms with Crippen LogP contribution in [0.4, 0.5) is 0 Å². The van der Waals surface area contributed by atoms with Gasteiger partial charge in [0.1, 0.15) is 0 Å². The molecule has 1 aromatic heterocycles. The topological polar surface area (TPSA) is 71.8 Å². The third-order valence-corrected chi connectivity index (χ3v) is 4.90. The molecule has 6 nitrogen and oxygen atoms in total. The van der Waals surface area contributed by atoms with Crippen molar-refractivity contribution in [2.45, 2.75) is 44.7 Å². The van der Waals surface area contributed by atoms with Crippen LogP contribution < -0.4 is 10.6 Å². The SMILES string of the molecule is O=C(NCCc1ccccc1Cl)c1cn(CC[C@@H]2CCCCN2)nn1. The van der Waals surface area contributed by atoms with Gasteiger partial charge in [0, 0.05) is 24.2 Å². The van der Waals surface area contributed by atoms with Crippen molar-refractivity contribution in [1.29, 1.82) is 0 Å². The van der Waals surface area contributed by atoms with Crippen molar-refractivity contribution < 1.29 is 4.79 Å². The number of aryl methyl sites for hydroxylation is 1. The van der Waals surface area contributed by atoms with Gasteiger partial charge in [-0.15, -0.1) is 5.10 Å². The predicted molar refractivity (Wildman–Crippen MR) is 97.8 cm³/mol. The minimum Gasteiger partial charge on any atom is -0.350 e. The van der Waals surface area contributed by atoms with E-state index in [0.29, 0.717) is 24.7 Å². The van der Waals surface area contributed by atoms with Gasteiger partial charge < -0.3 is 10.6 Å². The fourth-order valence-electron chi connectivity index (χ4n) is 3.07. The first-order valence-corrected chi connectivity index (χ1v) is 9.25. The highest BCUT2D eigenvalue weighted by atomic mass is 35.5. The summed E-state index contributed by atoms with van der Waals surface area (Å²) in [5, 5.41) is 15.1. The number of carbonyl (C=O) groups is 1. The molecule has 1 aliphatic rings. The molecule has 0 unspecified atom stereocenters. The third kappa shape index (κ3) is 5.28. The van der Waals surface area contributed by atoms with E-state index in [1.165, 1.54) is 19.3 Å². The molecule has 1 aromatic carbocycles. The lowest BCUT2D eigenvalue weighted by Gasteiger charge is -2.23. The predicted octanol–water partition coefficient (Wildman–Crippen LogP) is 2.44. The highest BCUT2D eigenvalue weighted by Crippen LogP contribution is 2.15. The Bertz CT molecular complexity index is 696. The molecule has 1 aliphatic heterocycles. The number of hydrogen-bond donors (Lipinski definition) is 2. The number of rotatable bonds is 7. The van der Waals surface area contributed by atoms with Gasteiger partial charge in [-0.3, -0.25) is 9.48 Å². The van der Waals surface area contributed by atoms with E-state index in [0.717, 1.165) is 30.1 Å². The highest BCUT2D eigenvalue weighted by Gasteiger charge is 2.14. The van der Waals surface area contributed by atoms with Gasteiger partial charge in [-0.25, -0.2) is 0 Å². The van der Waals surface area contributed by atoms with Gasteiger partial charge in [0.05, 0.1) is 6.20 Å². The largest absolute Gasteiger partial charge is 0.350 e. The van der Waals surface area contributed by atoms with Crippen molar-refractivity contribution in [1.82, 2.24) is 25.6 Å². The summed E-state index contributed by atoms with van der Waals surface area (Å²) in [6, 6.07) is 8.20. The molecule has 25 heavy (non-hydrogen) atoms. The number of nitrogens with zero attached hydrogens (tertiary/aromatic N) is 3. The Kier molecular flexibility index (Phi) is 6.42. The summed E-state index contributed by atoms with van der Waals surface area (Å²) in [5.41, 5.74) is 1.38. The molecule has 1 amide bonds. The maximum absolute atomic E-state index is 12.2. The Morgan fingerprint density at radius 1 is 1.36 bits per heavy atom. The Morgan fingerprint density at radius 3 is 3.04 bits per heavy atom. The van der Waals surface area contributed by atoms with Crippen LogP contribution in [0.3, 0.4) is 0 Å². The Balaban J connectivity index is 1.43. The molecule has 1 fully saturated rings. The number of nitrogens with one attached hydrogen (secondary N) is 2. The smallest absolute Gasteiger partial charge is 0.273 e. The van der Waals surface area contributed by atoms with E-state index in [9.17, 15) is 4.79 Å². The van der Waals surface area contributed by atoms with Crippen LogP contribution in [0.5, 0.6) is 0 Å². The highest BCUT2D eigenvalue weighted by molar-refractivity contribution is 6.31. The second kappa shape index (κ2) is 8.97. The number of hydrogen-bond acceptors (Lipinski definition) is 4. The number of benzene rings is 1. The Morgan fingerprint density at radius 2 is 2.24 bits per heavy atom. The zero-order chi connectivity index (χ0) is 17.5. The number of amides is 1. The second-order valence-corrected chi connectivity index (χ2v) is 6.81. The fourth-order valence-corrected chi connectivity index (χ4v) is 3.30. The van der Waals surface area contributed by atoms with E-state index >= 15 is 0 Å². The Hall–Kier alpha value is -1.92. The molecule has 134 valence electrons. The molecule has 2 aromatic rings. The van der Waals surface area contributed by atoms with E-state index < -0.39 is 0 Å². The quantitative estimate of drug-likeness (QED) is 0.794. The van der Waals surface area contributed by atoms with Gasteiger partial charge in [-0.05, 0) is 43.9 Å². The number of piperidine rings is 1. The molecule has 7 heteroatoms. The average Bonchev–Trinajstić information content (AvgIpc) is 3.11. The molecule has 0 aliphatic carbocycles. The van der Waals surface area contributed by atoms with Gasteiger partial charge in [-0.1, -0.05) is 41.4 Å². The van der Waals surface area contributed by atoms with E-state index in [-0.39, 0.29) is 5.91 Å². The lowest BCUT2D eigenvalue weighted by molar-refractivity contribution is 0.0949. The fraction of sp³-hybridized carbons (Fsp3) is 0.500. The summed E-state index contributed by atoms with van der Waals surface area (Å²) in [6.07, 6.45) is 7.17.